The molecule has 0 heterocycles. The normalized spacial score (nSPS) is 14.9. The van der Waals surface area contributed by atoms with Crippen LogP contribution in [0.1, 0.15) is 17.5 Å². The lowest BCUT2D eigenvalue weighted by molar-refractivity contribution is -0.0141. The largest absolute Gasteiger partial charge is 0.383 e. The summed E-state index contributed by atoms with van der Waals surface area (Å²) in [4.78, 5) is -0.0117. The minimum Gasteiger partial charge on any atom is -0.383 e. The predicted octanol–water partition coefficient (Wildman–Crippen LogP) is 4.35. The van der Waals surface area contributed by atoms with E-state index in [1.807, 2.05) is 6.92 Å². The van der Waals surface area contributed by atoms with E-state index in [1.54, 1.807) is 42.5 Å². The Labute approximate surface area is 162 Å². The van der Waals surface area contributed by atoms with Crippen LogP contribution < -0.4 is 0 Å². The van der Waals surface area contributed by atoms with Gasteiger partial charge in [-0.25, -0.2) is 0 Å². The zero-order valence-electron chi connectivity index (χ0n) is 13.3. The van der Waals surface area contributed by atoms with Crippen molar-refractivity contribution in [2.45, 2.75) is 27.6 Å². The monoisotopic (exact) mass is 422 g/mol. The molecule has 0 radical (unpaired) electrons. The highest BCUT2D eigenvalue weighted by molar-refractivity contribution is 7.86. The summed E-state index contributed by atoms with van der Waals surface area (Å²) in [5.41, 5.74) is -0.485. The minimum absolute atomic E-state index is 0.0117. The molecule has 136 valence electrons. The van der Waals surface area contributed by atoms with Gasteiger partial charge in [-0.2, -0.15) is 8.42 Å². The van der Waals surface area contributed by atoms with Crippen molar-refractivity contribution in [2.75, 3.05) is 6.61 Å². The van der Waals surface area contributed by atoms with E-state index in [1.165, 1.54) is 12.1 Å². The van der Waals surface area contributed by atoms with E-state index >= 15 is 0 Å². The molecule has 8 heteroatoms. The first-order valence-corrected chi connectivity index (χ1v) is 9.87. The van der Waals surface area contributed by atoms with Gasteiger partial charge in [-0.15, -0.1) is 0 Å². The van der Waals surface area contributed by atoms with Crippen molar-refractivity contribution in [2.24, 2.45) is 0 Å². The third kappa shape index (κ3) is 5.84. The van der Waals surface area contributed by atoms with Crippen LogP contribution in [0.4, 0.5) is 0 Å². The number of hydrogen-bond acceptors (Lipinski definition) is 4. The molecule has 4 nitrogen and oxygen atoms in total. The molecule has 1 unspecified atom stereocenters. The fourth-order valence-electron chi connectivity index (χ4n) is 2.26. The maximum absolute atomic E-state index is 12.4. The van der Waals surface area contributed by atoms with Gasteiger partial charge in [0, 0.05) is 6.42 Å². The van der Waals surface area contributed by atoms with E-state index in [4.69, 9.17) is 39.0 Å². The van der Waals surface area contributed by atoms with Gasteiger partial charge in [0.1, 0.15) is 5.60 Å². The molecule has 2 aromatic rings. The summed E-state index contributed by atoms with van der Waals surface area (Å²) in [6.07, 6.45) is -0.335. The molecule has 2 rings (SSSR count). The molecule has 2 aromatic carbocycles. The van der Waals surface area contributed by atoms with Crippen LogP contribution >= 0.6 is 34.8 Å². The van der Waals surface area contributed by atoms with Crippen LogP contribution in [0.2, 0.25) is 0 Å². The molecule has 0 bridgehead atoms. The molecule has 0 saturated carbocycles. The topological polar surface area (TPSA) is 63.6 Å². The van der Waals surface area contributed by atoms with E-state index in [2.05, 4.69) is 0 Å². The van der Waals surface area contributed by atoms with E-state index in [9.17, 15) is 13.5 Å². The quantitative estimate of drug-likeness (QED) is 0.554. The zero-order valence-corrected chi connectivity index (χ0v) is 16.4. The number of alkyl halides is 3. The van der Waals surface area contributed by atoms with Crippen molar-refractivity contribution in [3.8, 4) is 0 Å². The van der Waals surface area contributed by atoms with Gasteiger partial charge in [0.15, 0.2) is 3.79 Å². The first-order valence-electron chi connectivity index (χ1n) is 7.33. The highest BCUT2D eigenvalue weighted by Gasteiger charge is 2.39. The average Bonchev–Trinajstić information content (AvgIpc) is 2.53. The van der Waals surface area contributed by atoms with Gasteiger partial charge in [0.05, 0.1) is 11.5 Å². The highest BCUT2D eigenvalue weighted by atomic mass is 35.6. The molecule has 0 aliphatic carbocycles. The Balaban J connectivity index is 2.27. The summed E-state index contributed by atoms with van der Waals surface area (Å²) in [5, 5.41) is 10.9. The second kappa shape index (κ2) is 7.82. The maximum atomic E-state index is 12.4. The van der Waals surface area contributed by atoms with Gasteiger partial charge >= 0.3 is 0 Å². The lowest BCUT2D eigenvalue weighted by Gasteiger charge is -2.31. The van der Waals surface area contributed by atoms with Crippen molar-refractivity contribution in [3.05, 3.63) is 65.7 Å². The van der Waals surface area contributed by atoms with Crippen LogP contribution in [0.3, 0.4) is 0 Å². The highest BCUT2D eigenvalue weighted by Crippen LogP contribution is 2.40. The summed E-state index contributed by atoms with van der Waals surface area (Å²) in [5.74, 6) is 0. The lowest BCUT2D eigenvalue weighted by atomic mass is 9.92. The van der Waals surface area contributed by atoms with Crippen molar-refractivity contribution < 1.29 is 17.7 Å². The van der Waals surface area contributed by atoms with E-state index in [0.717, 1.165) is 5.56 Å². The minimum atomic E-state index is -4.06. The van der Waals surface area contributed by atoms with Crippen molar-refractivity contribution in [1.82, 2.24) is 0 Å². The Morgan fingerprint density at radius 1 is 1.00 bits per heavy atom. The second-order valence-corrected chi connectivity index (χ2v) is 9.85. The van der Waals surface area contributed by atoms with Gasteiger partial charge in [0.2, 0.25) is 0 Å². The number of rotatable bonds is 6. The van der Waals surface area contributed by atoms with Gasteiger partial charge in [-0.3, -0.25) is 4.18 Å². The number of hydrogen-bond donors (Lipinski definition) is 1. The zero-order chi connectivity index (χ0) is 18.7. The molecular weight excluding hydrogens is 407 g/mol. The van der Waals surface area contributed by atoms with Gasteiger partial charge in [-0.1, -0.05) is 82.8 Å². The molecule has 1 atom stereocenters. The van der Waals surface area contributed by atoms with Gasteiger partial charge < -0.3 is 5.11 Å². The van der Waals surface area contributed by atoms with E-state index in [0.29, 0.717) is 5.56 Å². The second-order valence-electron chi connectivity index (χ2n) is 5.72. The fraction of sp³-hybridized carbons (Fsp3) is 0.294. The summed E-state index contributed by atoms with van der Waals surface area (Å²) < 4.78 is 28.0. The Morgan fingerprint density at radius 3 is 2.08 bits per heavy atom. The van der Waals surface area contributed by atoms with Crippen LogP contribution in [0.25, 0.3) is 0 Å². The third-order valence-electron chi connectivity index (χ3n) is 3.57. The van der Waals surface area contributed by atoms with Gasteiger partial charge in [0.25, 0.3) is 10.1 Å². The molecule has 0 amide bonds. The van der Waals surface area contributed by atoms with Crippen molar-refractivity contribution in [1.29, 1.82) is 0 Å². The Kier molecular flexibility index (Phi) is 6.41. The Hall–Kier alpha value is -0.820. The summed E-state index contributed by atoms with van der Waals surface area (Å²) in [6, 6.07) is 14.5. The predicted molar refractivity (Wildman–Crippen MR) is 99.6 cm³/mol. The molecule has 0 aliphatic heterocycles. The summed E-state index contributed by atoms with van der Waals surface area (Å²) >= 11 is 17.5. The Bertz CT molecular complexity index is 802. The number of aliphatic hydroxyl groups is 1. The molecule has 25 heavy (non-hydrogen) atoms. The van der Waals surface area contributed by atoms with Gasteiger partial charge in [-0.05, 0) is 24.6 Å². The van der Waals surface area contributed by atoms with Crippen LogP contribution in [0.5, 0.6) is 0 Å². The Morgan fingerprint density at radius 2 is 1.56 bits per heavy atom. The summed E-state index contributed by atoms with van der Waals surface area (Å²) in [7, 11) is -4.06. The van der Waals surface area contributed by atoms with Crippen LogP contribution in [-0.4, -0.2) is 23.9 Å². The first kappa shape index (κ1) is 20.5. The van der Waals surface area contributed by atoms with E-state index < -0.39 is 26.1 Å². The molecule has 1 N–H and O–H groups in total. The lowest BCUT2D eigenvalue weighted by Crippen LogP contribution is -2.36. The molecule has 0 aromatic heterocycles. The van der Waals surface area contributed by atoms with Crippen molar-refractivity contribution >= 4 is 44.9 Å². The molecule has 0 fully saturated rings. The third-order valence-corrected chi connectivity index (χ3v) is 5.25. The fourth-order valence-corrected chi connectivity index (χ4v) is 3.88. The SMILES string of the molecule is Cc1ccc(S(=O)(=O)OCC(O)(CC(Cl)(Cl)Cl)c2ccccc2)cc1. The molecule has 0 saturated heterocycles. The number of aryl methyl sites for hydroxylation is 1. The number of benzene rings is 2. The maximum Gasteiger partial charge on any atom is 0.297 e. The standard InChI is InChI=1S/C17H17Cl3O4S/c1-13-7-9-15(10-8-13)25(22,23)24-12-16(21,11-17(18,19)20)14-5-3-2-4-6-14/h2-10,21H,11-12H2,1H3. The summed E-state index contributed by atoms with van der Waals surface area (Å²) in [6.45, 7) is 1.26. The van der Waals surface area contributed by atoms with Crippen LogP contribution in [-0.2, 0) is 19.9 Å². The molecular formula is C17H17Cl3O4S. The van der Waals surface area contributed by atoms with Crippen LogP contribution in [0, 0.1) is 6.92 Å². The first-order chi connectivity index (χ1) is 11.5. The average molecular weight is 424 g/mol. The smallest absolute Gasteiger partial charge is 0.297 e. The molecule has 0 aliphatic rings. The van der Waals surface area contributed by atoms with Crippen LogP contribution in [0.15, 0.2) is 59.5 Å². The van der Waals surface area contributed by atoms with Crippen molar-refractivity contribution in [3.63, 3.8) is 0 Å². The number of halogens is 3. The molecule has 0 spiro atoms. The van der Waals surface area contributed by atoms with E-state index in [-0.39, 0.29) is 11.3 Å².